The molecule has 6 nitrogen and oxygen atoms in total. The topological polar surface area (TPSA) is 60.4 Å². The molecule has 1 fully saturated rings. The number of ether oxygens (including phenoxy) is 2. The third kappa shape index (κ3) is 3.41. The van der Waals surface area contributed by atoms with Crippen LogP contribution < -0.4 is 9.64 Å². The van der Waals surface area contributed by atoms with Crippen LogP contribution in [0.2, 0.25) is 5.28 Å². The molecule has 0 bridgehead atoms. The Kier molecular flexibility index (Phi) is 3.96. The van der Waals surface area contributed by atoms with E-state index in [0.717, 1.165) is 19.6 Å². The summed E-state index contributed by atoms with van der Waals surface area (Å²) in [6, 6.07) is 0.264. The average Bonchev–Trinajstić information content (AvgIpc) is 2.78. The van der Waals surface area contributed by atoms with Gasteiger partial charge in [0.2, 0.25) is 11.2 Å². The van der Waals surface area contributed by atoms with Crippen molar-refractivity contribution in [3.8, 4) is 6.01 Å². The minimum Gasteiger partial charge on any atom is -0.463 e. The molecule has 0 radical (unpaired) electrons. The predicted molar refractivity (Wildman–Crippen MR) is 63.6 cm³/mol. The maximum Gasteiger partial charge on any atom is 0.322 e. The minimum absolute atomic E-state index is 0.140. The molecule has 1 aromatic heterocycles. The number of halogens is 1. The fourth-order valence-corrected chi connectivity index (χ4v) is 1.64. The van der Waals surface area contributed by atoms with Gasteiger partial charge in [0.1, 0.15) is 0 Å². The molecule has 0 amide bonds. The molecule has 1 aliphatic heterocycles. The van der Waals surface area contributed by atoms with Gasteiger partial charge in [-0.2, -0.15) is 15.0 Å². The molecule has 1 unspecified atom stereocenters. The van der Waals surface area contributed by atoms with Gasteiger partial charge in [-0.15, -0.1) is 0 Å². The molecule has 1 saturated heterocycles. The summed E-state index contributed by atoms with van der Waals surface area (Å²) in [5.41, 5.74) is 0. The van der Waals surface area contributed by atoms with Gasteiger partial charge in [-0.05, 0) is 18.0 Å². The summed E-state index contributed by atoms with van der Waals surface area (Å²) in [4.78, 5) is 13.8. The molecule has 0 saturated carbocycles. The van der Waals surface area contributed by atoms with Crippen LogP contribution >= 0.6 is 11.6 Å². The first kappa shape index (κ1) is 12.3. The number of rotatable bonds is 4. The minimum atomic E-state index is 0.140. The van der Waals surface area contributed by atoms with Crippen LogP contribution in [0.4, 0.5) is 5.95 Å². The second kappa shape index (κ2) is 5.46. The van der Waals surface area contributed by atoms with E-state index in [1.165, 1.54) is 0 Å². The zero-order chi connectivity index (χ0) is 12.3. The maximum absolute atomic E-state index is 5.80. The van der Waals surface area contributed by atoms with Crippen LogP contribution in [0.5, 0.6) is 6.01 Å². The summed E-state index contributed by atoms with van der Waals surface area (Å²) >= 11 is 5.80. The third-order valence-electron chi connectivity index (χ3n) is 2.45. The summed E-state index contributed by atoms with van der Waals surface area (Å²) in [5, 5.41) is 0.140. The monoisotopic (exact) mass is 258 g/mol. The van der Waals surface area contributed by atoms with Crippen LogP contribution in [0.1, 0.15) is 6.42 Å². The number of hydrogen-bond donors (Lipinski definition) is 0. The van der Waals surface area contributed by atoms with Crippen LogP contribution in [-0.2, 0) is 4.74 Å². The summed E-state index contributed by atoms with van der Waals surface area (Å²) in [6.45, 7) is 2.08. The molecule has 0 aromatic carbocycles. The molecule has 2 heterocycles. The van der Waals surface area contributed by atoms with E-state index in [9.17, 15) is 0 Å². The highest BCUT2D eigenvalue weighted by molar-refractivity contribution is 6.28. The van der Waals surface area contributed by atoms with E-state index in [1.807, 2.05) is 14.1 Å². The van der Waals surface area contributed by atoms with E-state index < -0.39 is 0 Å². The van der Waals surface area contributed by atoms with Crippen LogP contribution in [0.25, 0.3) is 0 Å². The van der Waals surface area contributed by atoms with Crippen LogP contribution in [0.3, 0.4) is 0 Å². The normalized spacial score (nSPS) is 19.4. The van der Waals surface area contributed by atoms with E-state index in [0.29, 0.717) is 18.5 Å². The van der Waals surface area contributed by atoms with Crippen molar-refractivity contribution in [2.75, 3.05) is 38.8 Å². The smallest absolute Gasteiger partial charge is 0.322 e. The van der Waals surface area contributed by atoms with Crippen LogP contribution in [0, 0.1) is 5.92 Å². The Morgan fingerprint density at radius 1 is 1.41 bits per heavy atom. The second-order valence-electron chi connectivity index (χ2n) is 4.12. The van der Waals surface area contributed by atoms with E-state index >= 15 is 0 Å². The fraction of sp³-hybridized carbons (Fsp3) is 0.700. The first-order chi connectivity index (χ1) is 8.15. The largest absolute Gasteiger partial charge is 0.463 e. The Bertz CT molecular complexity index is 383. The van der Waals surface area contributed by atoms with Gasteiger partial charge in [-0.1, -0.05) is 0 Å². The molecule has 17 heavy (non-hydrogen) atoms. The summed E-state index contributed by atoms with van der Waals surface area (Å²) < 4.78 is 10.8. The maximum atomic E-state index is 5.80. The van der Waals surface area contributed by atoms with Gasteiger partial charge in [0.15, 0.2) is 0 Å². The SMILES string of the molecule is CN(C)c1nc(Cl)nc(OCC2CCOC2)n1. The van der Waals surface area contributed by atoms with Crippen molar-refractivity contribution in [1.29, 1.82) is 0 Å². The fourth-order valence-electron chi connectivity index (χ4n) is 1.49. The van der Waals surface area contributed by atoms with Gasteiger partial charge in [0, 0.05) is 26.6 Å². The van der Waals surface area contributed by atoms with Crippen molar-refractivity contribution in [3.05, 3.63) is 5.28 Å². The highest BCUT2D eigenvalue weighted by Crippen LogP contribution is 2.16. The van der Waals surface area contributed by atoms with Crippen LogP contribution in [0.15, 0.2) is 0 Å². The van der Waals surface area contributed by atoms with Crippen LogP contribution in [-0.4, -0.2) is 48.9 Å². The Labute approximate surface area is 105 Å². The molecule has 94 valence electrons. The van der Waals surface area contributed by atoms with Crippen molar-refractivity contribution in [1.82, 2.24) is 15.0 Å². The lowest BCUT2D eigenvalue weighted by Crippen LogP contribution is -2.16. The molecule has 1 atom stereocenters. The number of anilines is 1. The van der Waals surface area contributed by atoms with Crippen molar-refractivity contribution in [3.63, 3.8) is 0 Å². The predicted octanol–water partition coefficient (Wildman–Crippen LogP) is 1.01. The van der Waals surface area contributed by atoms with Crippen molar-refractivity contribution < 1.29 is 9.47 Å². The molecule has 1 aromatic rings. The first-order valence-electron chi connectivity index (χ1n) is 5.44. The Hall–Kier alpha value is -1.14. The molecular formula is C10H15ClN4O2. The summed E-state index contributed by atoms with van der Waals surface area (Å²) in [7, 11) is 3.67. The molecule has 1 aliphatic rings. The van der Waals surface area contributed by atoms with E-state index in [4.69, 9.17) is 21.1 Å². The molecule has 2 rings (SSSR count). The standard InChI is InChI=1S/C10H15ClN4O2/c1-15(2)9-12-8(11)13-10(14-9)17-6-7-3-4-16-5-7/h7H,3-6H2,1-2H3. The quantitative estimate of drug-likeness (QED) is 0.803. The first-order valence-corrected chi connectivity index (χ1v) is 5.82. The molecule has 0 aliphatic carbocycles. The van der Waals surface area contributed by atoms with E-state index in [2.05, 4.69) is 15.0 Å². The average molecular weight is 259 g/mol. The number of nitrogens with zero attached hydrogens (tertiary/aromatic N) is 4. The lowest BCUT2D eigenvalue weighted by molar-refractivity contribution is 0.163. The lowest BCUT2D eigenvalue weighted by atomic mass is 10.1. The lowest BCUT2D eigenvalue weighted by Gasteiger charge is -2.12. The van der Waals surface area contributed by atoms with Crippen molar-refractivity contribution in [2.24, 2.45) is 5.92 Å². The molecule has 0 spiro atoms. The molecule has 0 N–H and O–H groups in total. The van der Waals surface area contributed by atoms with Gasteiger partial charge >= 0.3 is 6.01 Å². The van der Waals surface area contributed by atoms with Gasteiger partial charge < -0.3 is 14.4 Å². The summed E-state index contributed by atoms with van der Waals surface area (Å²) in [6.07, 6.45) is 1.01. The molecule has 7 heteroatoms. The van der Waals surface area contributed by atoms with Gasteiger partial charge in [0.05, 0.1) is 13.2 Å². The zero-order valence-corrected chi connectivity index (χ0v) is 10.6. The highest BCUT2D eigenvalue weighted by atomic mass is 35.5. The van der Waals surface area contributed by atoms with E-state index in [-0.39, 0.29) is 11.3 Å². The summed E-state index contributed by atoms with van der Waals surface area (Å²) in [5.74, 6) is 0.899. The Morgan fingerprint density at radius 2 is 2.24 bits per heavy atom. The number of hydrogen-bond acceptors (Lipinski definition) is 6. The van der Waals surface area contributed by atoms with Gasteiger partial charge in [0.25, 0.3) is 0 Å². The second-order valence-corrected chi connectivity index (χ2v) is 4.46. The Morgan fingerprint density at radius 3 is 2.88 bits per heavy atom. The highest BCUT2D eigenvalue weighted by Gasteiger charge is 2.17. The van der Waals surface area contributed by atoms with Gasteiger partial charge in [-0.25, -0.2) is 0 Å². The third-order valence-corrected chi connectivity index (χ3v) is 2.62. The van der Waals surface area contributed by atoms with Crippen molar-refractivity contribution in [2.45, 2.75) is 6.42 Å². The van der Waals surface area contributed by atoms with Crippen molar-refractivity contribution >= 4 is 17.5 Å². The Balaban J connectivity index is 1.99. The zero-order valence-electron chi connectivity index (χ0n) is 9.89. The van der Waals surface area contributed by atoms with Gasteiger partial charge in [-0.3, -0.25) is 0 Å². The van der Waals surface area contributed by atoms with E-state index in [1.54, 1.807) is 4.90 Å². The number of aromatic nitrogens is 3. The molecular weight excluding hydrogens is 244 g/mol.